The Balaban J connectivity index is 0.000000686. The molecule has 0 aliphatic heterocycles. The zero-order chi connectivity index (χ0) is 12.7. The van der Waals surface area contributed by atoms with Crippen LogP contribution < -0.4 is 0 Å². The van der Waals surface area contributed by atoms with E-state index in [2.05, 4.69) is 18.0 Å². The summed E-state index contributed by atoms with van der Waals surface area (Å²) in [6.07, 6.45) is 0.961. The van der Waals surface area contributed by atoms with E-state index < -0.39 is 0 Å². The average Bonchev–Trinajstić information content (AvgIpc) is 2.90. The molecule has 2 aromatic rings. The average molecular weight is 244 g/mol. The van der Waals surface area contributed by atoms with E-state index in [0.717, 1.165) is 22.7 Å². The molecule has 0 saturated carbocycles. The molecule has 1 aromatic heterocycles. The summed E-state index contributed by atoms with van der Waals surface area (Å²) in [6.45, 7) is 6.09. The van der Waals surface area contributed by atoms with E-state index in [0.29, 0.717) is 5.56 Å². The summed E-state index contributed by atoms with van der Waals surface area (Å²) in [7, 11) is 0. The van der Waals surface area contributed by atoms with Gasteiger partial charge in [0.05, 0.1) is 22.3 Å². The van der Waals surface area contributed by atoms with Crippen LogP contribution in [0.1, 0.15) is 31.3 Å². The third kappa shape index (κ3) is 3.40. The summed E-state index contributed by atoms with van der Waals surface area (Å²) in [5.41, 5.74) is 2.66. The van der Waals surface area contributed by atoms with Crippen LogP contribution in [0.3, 0.4) is 0 Å². The van der Waals surface area contributed by atoms with E-state index in [9.17, 15) is 0 Å². The molecule has 17 heavy (non-hydrogen) atoms. The minimum atomic E-state index is 0.679. The molecular weight excluding hydrogens is 228 g/mol. The van der Waals surface area contributed by atoms with Crippen LogP contribution in [0.5, 0.6) is 0 Å². The van der Waals surface area contributed by atoms with Crippen LogP contribution in [0.15, 0.2) is 29.6 Å². The maximum Gasteiger partial charge on any atom is 0.0991 e. The third-order valence-electron chi connectivity index (χ3n) is 2.14. The summed E-state index contributed by atoms with van der Waals surface area (Å²) in [4.78, 5) is 4.48. The van der Waals surface area contributed by atoms with E-state index in [-0.39, 0.29) is 0 Å². The molecule has 0 saturated heterocycles. The molecule has 0 aliphatic carbocycles. The van der Waals surface area contributed by atoms with Gasteiger partial charge in [-0.25, -0.2) is 4.98 Å². The van der Waals surface area contributed by atoms with Crippen molar-refractivity contribution in [2.24, 2.45) is 0 Å². The number of aromatic nitrogens is 1. The highest BCUT2D eigenvalue weighted by Crippen LogP contribution is 2.22. The van der Waals surface area contributed by atoms with Gasteiger partial charge in [-0.2, -0.15) is 5.26 Å². The lowest BCUT2D eigenvalue weighted by atomic mass is 10.1. The van der Waals surface area contributed by atoms with E-state index in [1.165, 1.54) is 0 Å². The maximum absolute atomic E-state index is 8.79. The normalized spacial score (nSPS) is 9.06. The maximum atomic E-state index is 8.79. The molecule has 2 nitrogen and oxygen atoms in total. The van der Waals surface area contributed by atoms with Crippen LogP contribution in [0.25, 0.3) is 11.3 Å². The van der Waals surface area contributed by atoms with Crippen molar-refractivity contribution in [3.8, 4) is 17.3 Å². The SMILES string of the molecule is CC.CCc1nc(-c2cccc(C#N)c2)cs1. The Kier molecular flexibility index (Phi) is 5.38. The molecule has 88 valence electrons. The predicted octanol–water partition coefficient (Wildman–Crippen LogP) is 4.27. The number of thiazole rings is 1. The van der Waals surface area contributed by atoms with Crippen molar-refractivity contribution in [3.05, 3.63) is 40.2 Å². The molecule has 1 aromatic carbocycles. The Morgan fingerprint density at radius 2 is 2.12 bits per heavy atom. The zero-order valence-electron chi connectivity index (χ0n) is 10.4. The lowest BCUT2D eigenvalue weighted by Crippen LogP contribution is -1.81. The van der Waals surface area contributed by atoms with Gasteiger partial charge in [-0.15, -0.1) is 11.3 Å². The number of hydrogen-bond donors (Lipinski definition) is 0. The summed E-state index contributed by atoms with van der Waals surface area (Å²) < 4.78 is 0. The monoisotopic (exact) mass is 244 g/mol. The summed E-state index contributed by atoms with van der Waals surface area (Å²) >= 11 is 1.66. The van der Waals surface area contributed by atoms with Crippen molar-refractivity contribution in [3.63, 3.8) is 0 Å². The highest BCUT2D eigenvalue weighted by Gasteiger charge is 2.03. The van der Waals surface area contributed by atoms with E-state index >= 15 is 0 Å². The second-order valence-corrected chi connectivity index (χ2v) is 4.12. The first-order valence-corrected chi connectivity index (χ1v) is 6.66. The van der Waals surface area contributed by atoms with Crippen LogP contribution in [-0.2, 0) is 6.42 Å². The predicted molar refractivity (Wildman–Crippen MR) is 73.0 cm³/mol. The van der Waals surface area contributed by atoms with Gasteiger partial charge in [0, 0.05) is 10.9 Å². The highest BCUT2D eigenvalue weighted by atomic mass is 32.1. The molecule has 0 N–H and O–H groups in total. The number of hydrogen-bond acceptors (Lipinski definition) is 3. The van der Waals surface area contributed by atoms with Crippen molar-refractivity contribution in [1.82, 2.24) is 4.98 Å². The quantitative estimate of drug-likeness (QED) is 0.791. The lowest BCUT2D eigenvalue weighted by Gasteiger charge is -1.96. The van der Waals surface area contributed by atoms with Crippen LogP contribution in [0.4, 0.5) is 0 Å². The smallest absolute Gasteiger partial charge is 0.0991 e. The molecule has 0 radical (unpaired) electrons. The fraction of sp³-hybridized carbons (Fsp3) is 0.286. The highest BCUT2D eigenvalue weighted by molar-refractivity contribution is 7.09. The Hall–Kier alpha value is -1.66. The first kappa shape index (κ1) is 13.4. The molecule has 0 fully saturated rings. The van der Waals surface area contributed by atoms with Crippen molar-refractivity contribution < 1.29 is 0 Å². The molecule has 3 heteroatoms. The molecule has 0 amide bonds. The molecule has 0 bridgehead atoms. The summed E-state index contributed by atoms with van der Waals surface area (Å²) in [6, 6.07) is 9.67. The molecule has 0 aliphatic rings. The van der Waals surface area contributed by atoms with Crippen molar-refractivity contribution >= 4 is 11.3 Å². The minimum absolute atomic E-state index is 0.679. The lowest BCUT2D eigenvalue weighted by molar-refractivity contribution is 1.10. The molecular formula is C14H16N2S. The van der Waals surface area contributed by atoms with Gasteiger partial charge in [0.25, 0.3) is 0 Å². The Bertz CT molecular complexity index is 509. The number of rotatable bonds is 2. The number of benzene rings is 1. The van der Waals surface area contributed by atoms with Crippen LogP contribution in [-0.4, -0.2) is 4.98 Å². The first-order chi connectivity index (χ1) is 8.33. The summed E-state index contributed by atoms with van der Waals surface area (Å²) in [5.74, 6) is 0. The fourth-order valence-electron chi connectivity index (χ4n) is 1.35. The van der Waals surface area contributed by atoms with E-state index in [1.54, 1.807) is 17.4 Å². The van der Waals surface area contributed by atoms with Gasteiger partial charge < -0.3 is 0 Å². The molecule has 0 atom stereocenters. The topological polar surface area (TPSA) is 36.7 Å². The van der Waals surface area contributed by atoms with Gasteiger partial charge in [0.15, 0.2) is 0 Å². The van der Waals surface area contributed by atoms with E-state index in [4.69, 9.17) is 5.26 Å². The number of nitriles is 1. The van der Waals surface area contributed by atoms with E-state index in [1.807, 2.05) is 37.4 Å². The van der Waals surface area contributed by atoms with Gasteiger partial charge in [-0.1, -0.05) is 32.9 Å². The van der Waals surface area contributed by atoms with Gasteiger partial charge in [0.1, 0.15) is 0 Å². The molecule has 2 rings (SSSR count). The Labute approximate surface area is 107 Å². The molecule has 1 heterocycles. The standard InChI is InChI=1S/C12H10N2S.C2H6/c1-2-12-14-11(8-15-12)10-5-3-4-9(6-10)7-13;1-2/h3-6,8H,2H2,1H3;1-2H3. The molecule has 0 unspecified atom stereocenters. The van der Waals surface area contributed by atoms with Gasteiger partial charge in [0.2, 0.25) is 0 Å². The summed E-state index contributed by atoms with van der Waals surface area (Å²) in [5, 5.41) is 12.0. The van der Waals surface area contributed by atoms with Crippen LogP contribution >= 0.6 is 11.3 Å². The van der Waals surface area contributed by atoms with Crippen molar-refractivity contribution in [2.75, 3.05) is 0 Å². The van der Waals surface area contributed by atoms with Gasteiger partial charge in [-0.05, 0) is 18.6 Å². The largest absolute Gasteiger partial charge is 0.241 e. The second kappa shape index (κ2) is 6.82. The third-order valence-corrected chi connectivity index (χ3v) is 3.13. The zero-order valence-corrected chi connectivity index (χ0v) is 11.2. The first-order valence-electron chi connectivity index (χ1n) is 5.78. The Morgan fingerprint density at radius 3 is 2.71 bits per heavy atom. The van der Waals surface area contributed by atoms with Crippen LogP contribution in [0.2, 0.25) is 0 Å². The van der Waals surface area contributed by atoms with Gasteiger partial charge >= 0.3 is 0 Å². The van der Waals surface area contributed by atoms with Crippen molar-refractivity contribution in [1.29, 1.82) is 5.26 Å². The number of nitrogens with zero attached hydrogens (tertiary/aromatic N) is 2. The Morgan fingerprint density at radius 1 is 1.35 bits per heavy atom. The van der Waals surface area contributed by atoms with Gasteiger partial charge in [-0.3, -0.25) is 0 Å². The number of aryl methyl sites for hydroxylation is 1. The fourth-order valence-corrected chi connectivity index (χ4v) is 2.11. The molecule has 0 spiro atoms. The second-order valence-electron chi connectivity index (χ2n) is 3.17. The van der Waals surface area contributed by atoms with Crippen molar-refractivity contribution in [2.45, 2.75) is 27.2 Å². The van der Waals surface area contributed by atoms with Crippen LogP contribution in [0, 0.1) is 11.3 Å². The minimum Gasteiger partial charge on any atom is -0.241 e.